The second kappa shape index (κ2) is 13.8. The highest BCUT2D eigenvalue weighted by atomic mass is 19.1. The fraction of sp³-hybridized carbons (Fsp3) is 0. The van der Waals surface area contributed by atoms with Gasteiger partial charge in [0.15, 0.2) is 0 Å². The summed E-state index contributed by atoms with van der Waals surface area (Å²) in [5.74, 6) is -0.250. The number of rotatable bonds is 7. The lowest BCUT2D eigenvalue weighted by atomic mass is 10.0. The quantitative estimate of drug-likeness (QED) is 0.162. The van der Waals surface area contributed by atoms with Crippen LogP contribution in [0.5, 0.6) is 0 Å². The van der Waals surface area contributed by atoms with Crippen LogP contribution in [0, 0.1) is 5.82 Å². The van der Waals surface area contributed by atoms with Gasteiger partial charge in [-0.15, -0.1) is 0 Å². The van der Waals surface area contributed by atoms with E-state index >= 15 is 0 Å². The molecule has 0 N–H and O–H groups in total. The van der Waals surface area contributed by atoms with Crippen molar-refractivity contribution in [3.05, 3.63) is 218 Å². The molecular formula is C54H35FN2O. The topological polar surface area (TPSA) is 21.3 Å². The van der Waals surface area contributed by atoms with Crippen molar-refractivity contribution in [1.29, 1.82) is 0 Å². The number of hydrogen-bond donors (Lipinski definition) is 0. The van der Waals surface area contributed by atoms with Gasteiger partial charge in [-0.2, -0.15) is 0 Å². The zero-order valence-corrected chi connectivity index (χ0v) is 31.4. The third-order valence-electron chi connectivity index (χ3n) is 11.2. The summed E-state index contributed by atoms with van der Waals surface area (Å²) >= 11 is 0. The minimum atomic E-state index is -0.250. The monoisotopic (exact) mass is 746 g/mol. The molecule has 0 spiro atoms. The summed E-state index contributed by atoms with van der Waals surface area (Å²) in [6.07, 6.45) is 0. The summed E-state index contributed by atoms with van der Waals surface area (Å²) in [6, 6.07) is 73.2. The molecule has 2 heterocycles. The lowest BCUT2D eigenvalue weighted by Crippen LogP contribution is -2.10. The highest BCUT2D eigenvalue weighted by Gasteiger charge is 2.17. The summed E-state index contributed by atoms with van der Waals surface area (Å²) < 4.78 is 23.1. The zero-order chi connectivity index (χ0) is 38.6. The fourth-order valence-electron chi connectivity index (χ4n) is 8.46. The van der Waals surface area contributed by atoms with Crippen molar-refractivity contribution in [3.8, 4) is 39.1 Å². The van der Waals surface area contributed by atoms with Crippen LogP contribution >= 0.6 is 0 Å². The second-order valence-electron chi connectivity index (χ2n) is 14.7. The van der Waals surface area contributed by atoms with E-state index in [0.29, 0.717) is 0 Å². The van der Waals surface area contributed by atoms with Crippen LogP contribution in [0.15, 0.2) is 217 Å². The number of anilines is 3. The van der Waals surface area contributed by atoms with Gasteiger partial charge in [-0.25, -0.2) is 4.39 Å². The number of para-hydroxylation sites is 2. The molecule has 0 atom stereocenters. The van der Waals surface area contributed by atoms with Gasteiger partial charge in [0.1, 0.15) is 17.0 Å². The van der Waals surface area contributed by atoms with Crippen LogP contribution in [0.3, 0.4) is 0 Å². The van der Waals surface area contributed by atoms with E-state index in [-0.39, 0.29) is 5.82 Å². The number of nitrogens with zero attached hydrogens (tertiary/aromatic N) is 2. The molecule has 0 radical (unpaired) electrons. The van der Waals surface area contributed by atoms with Gasteiger partial charge < -0.3 is 13.9 Å². The highest BCUT2D eigenvalue weighted by Crippen LogP contribution is 2.40. The van der Waals surface area contributed by atoms with E-state index in [0.717, 1.165) is 88.7 Å². The third-order valence-corrected chi connectivity index (χ3v) is 11.2. The first-order valence-electron chi connectivity index (χ1n) is 19.5. The number of furan rings is 1. The Morgan fingerprint density at radius 1 is 0.345 bits per heavy atom. The fourth-order valence-corrected chi connectivity index (χ4v) is 8.46. The van der Waals surface area contributed by atoms with Gasteiger partial charge in [0, 0.05) is 44.3 Å². The van der Waals surface area contributed by atoms with Crippen molar-refractivity contribution < 1.29 is 8.81 Å². The van der Waals surface area contributed by atoms with Crippen LogP contribution in [-0.4, -0.2) is 4.57 Å². The van der Waals surface area contributed by atoms with Gasteiger partial charge in [-0.05, 0) is 124 Å². The smallest absolute Gasteiger partial charge is 0.136 e. The first kappa shape index (κ1) is 33.6. The average molecular weight is 747 g/mol. The van der Waals surface area contributed by atoms with Crippen molar-refractivity contribution in [2.45, 2.75) is 0 Å². The van der Waals surface area contributed by atoms with Crippen LogP contribution < -0.4 is 4.90 Å². The van der Waals surface area contributed by atoms with Crippen LogP contribution in [0.1, 0.15) is 0 Å². The molecule has 0 fully saturated rings. The predicted octanol–water partition coefficient (Wildman–Crippen LogP) is 15.3. The minimum absolute atomic E-state index is 0.250. The van der Waals surface area contributed by atoms with E-state index in [4.69, 9.17) is 4.42 Å². The Morgan fingerprint density at radius 2 is 0.897 bits per heavy atom. The van der Waals surface area contributed by atoms with Crippen molar-refractivity contribution in [3.63, 3.8) is 0 Å². The number of benzene rings is 9. The van der Waals surface area contributed by atoms with E-state index in [9.17, 15) is 4.39 Å². The van der Waals surface area contributed by atoms with Gasteiger partial charge in [0.05, 0.1) is 11.0 Å². The summed E-state index contributed by atoms with van der Waals surface area (Å²) in [5.41, 5.74) is 14.5. The summed E-state index contributed by atoms with van der Waals surface area (Å²) in [4.78, 5) is 2.31. The largest absolute Gasteiger partial charge is 0.456 e. The Bertz CT molecular complexity index is 3290. The molecule has 4 heteroatoms. The Morgan fingerprint density at radius 3 is 1.69 bits per heavy atom. The molecule has 11 aromatic rings. The molecule has 0 saturated heterocycles. The van der Waals surface area contributed by atoms with Gasteiger partial charge >= 0.3 is 0 Å². The van der Waals surface area contributed by atoms with E-state index in [1.807, 2.05) is 36.4 Å². The lowest BCUT2D eigenvalue weighted by Gasteiger charge is -2.26. The maximum Gasteiger partial charge on any atom is 0.136 e. The standard InChI is InChI=1S/C54H35FN2O/c55-42-25-31-48-47-16-4-6-18-51(47)57(52(48)35-42)46-15-8-12-39(32-46)38-22-28-44(29-23-38)56(43-26-20-37(21-27-43)36-10-2-1-3-11-36)45-14-9-13-40(33-45)41-24-30-50-49-17-5-7-19-53(49)58-54(50)34-41/h1-35H. The molecule has 0 bridgehead atoms. The number of fused-ring (bicyclic) bond motifs is 6. The zero-order valence-electron chi connectivity index (χ0n) is 31.4. The number of hydrogen-bond acceptors (Lipinski definition) is 2. The Hall–Kier alpha value is -7.69. The second-order valence-corrected chi connectivity index (χ2v) is 14.7. The van der Waals surface area contributed by atoms with Gasteiger partial charge in [0.2, 0.25) is 0 Å². The highest BCUT2D eigenvalue weighted by molar-refractivity contribution is 6.09. The van der Waals surface area contributed by atoms with E-state index in [1.165, 1.54) is 17.2 Å². The molecule has 0 saturated carbocycles. The van der Waals surface area contributed by atoms with Crippen LogP contribution in [0.25, 0.3) is 82.8 Å². The third kappa shape index (κ3) is 5.82. The number of aromatic nitrogens is 1. The van der Waals surface area contributed by atoms with Gasteiger partial charge in [0.25, 0.3) is 0 Å². The molecule has 274 valence electrons. The van der Waals surface area contributed by atoms with Crippen LogP contribution in [0.2, 0.25) is 0 Å². The first-order valence-corrected chi connectivity index (χ1v) is 19.5. The molecule has 9 aromatic carbocycles. The van der Waals surface area contributed by atoms with Crippen LogP contribution in [-0.2, 0) is 0 Å². The SMILES string of the molecule is Fc1ccc2c3ccccc3n(-c3cccc(-c4ccc(N(c5ccc(-c6ccccc6)cc5)c5cccc(-c6ccc7c(c6)oc6ccccc67)c5)cc4)c3)c2c1. The van der Waals surface area contributed by atoms with Gasteiger partial charge in [-0.1, -0.05) is 121 Å². The predicted molar refractivity (Wildman–Crippen MR) is 239 cm³/mol. The summed E-state index contributed by atoms with van der Waals surface area (Å²) in [7, 11) is 0. The van der Waals surface area contributed by atoms with E-state index < -0.39 is 0 Å². The minimum Gasteiger partial charge on any atom is -0.456 e. The maximum atomic E-state index is 14.6. The van der Waals surface area contributed by atoms with E-state index in [1.54, 1.807) is 6.07 Å². The molecule has 0 unspecified atom stereocenters. The molecule has 0 amide bonds. The first-order chi connectivity index (χ1) is 28.6. The van der Waals surface area contributed by atoms with Gasteiger partial charge in [-0.3, -0.25) is 0 Å². The molecule has 0 aliphatic rings. The van der Waals surface area contributed by atoms with Crippen LogP contribution in [0.4, 0.5) is 21.5 Å². The Labute approximate surface area is 335 Å². The molecular weight excluding hydrogens is 712 g/mol. The normalized spacial score (nSPS) is 11.5. The summed E-state index contributed by atoms with van der Waals surface area (Å²) in [6.45, 7) is 0. The summed E-state index contributed by atoms with van der Waals surface area (Å²) in [5, 5.41) is 4.37. The molecule has 58 heavy (non-hydrogen) atoms. The van der Waals surface area contributed by atoms with Crippen molar-refractivity contribution >= 4 is 60.8 Å². The number of halogens is 1. The molecule has 11 rings (SSSR count). The molecule has 0 aliphatic carbocycles. The molecule has 3 nitrogen and oxygen atoms in total. The average Bonchev–Trinajstić information content (AvgIpc) is 3.82. The van der Waals surface area contributed by atoms with Crippen molar-refractivity contribution in [1.82, 2.24) is 4.57 Å². The molecule has 2 aromatic heterocycles. The van der Waals surface area contributed by atoms with E-state index in [2.05, 4.69) is 173 Å². The Balaban J connectivity index is 0.987. The van der Waals surface area contributed by atoms with Crippen molar-refractivity contribution in [2.75, 3.05) is 4.90 Å². The van der Waals surface area contributed by atoms with Crippen molar-refractivity contribution in [2.24, 2.45) is 0 Å². The Kier molecular flexibility index (Phi) is 8.00. The lowest BCUT2D eigenvalue weighted by molar-refractivity contribution is 0.629. The molecule has 0 aliphatic heterocycles. The maximum absolute atomic E-state index is 14.6.